The summed E-state index contributed by atoms with van der Waals surface area (Å²) in [4.78, 5) is 11.0. The zero-order valence-electron chi connectivity index (χ0n) is 10.3. The normalized spacial score (nSPS) is 9.89. The van der Waals surface area contributed by atoms with Crippen molar-refractivity contribution in [1.29, 1.82) is 5.26 Å². The van der Waals surface area contributed by atoms with E-state index in [1.165, 1.54) is 13.3 Å². The molecule has 0 radical (unpaired) electrons. The Bertz CT molecular complexity index is 655. The molecule has 1 aromatic carbocycles. The van der Waals surface area contributed by atoms with Crippen molar-refractivity contribution in [3.8, 4) is 11.8 Å². The van der Waals surface area contributed by atoms with E-state index in [9.17, 15) is 4.79 Å². The van der Waals surface area contributed by atoms with Gasteiger partial charge in [-0.15, -0.1) is 0 Å². The maximum Gasteiger partial charge on any atom is 0.251 e. The molecule has 6 nitrogen and oxygen atoms in total. The molecular formula is C13H12N4O2. The van der Waals surface area contributed by atoms with E-state index < -0.39 is 5.91 Å². The topological polar surface area (TPSA) is 93.9 Å². The van der Waals surface area contributed by atoms with Crippen LogP contribution in [-0.4, -0.2) is 22.8 Å². The Labute approximate surface area is 110 Å². The summed E-state index contributed by atoms with van der Waals surface area (Å²) < 4.78 is 6.66. The number of ether oxygens (including phenoxy) is 1. The van der Waals surface area contributed by atoms with Crippen LogP contribution >= 0.6 is 0 Å². The minimum atomic E-state index is -0.515. The summed E-state index contributed by atoms with van der Waals surface area (Å²) in [5.41, 5.74) is 6.85. The fourth-order valence-corrected chi connectivity index (χ4v) is 1.71. The third-order valence-corrected chi connectivity index (χ3v) is 2.65. The lowest BCUT2D eigenvalue weighted by Gasteiger charge is -2.06. The summed E-state index contributed by atoms with van der Waals surface area (Å²) in [6.07, 6.45) is 2.98. The van der Waals surface area contributed by atoms with Gasteiger partial charge in [0.1, 0.15) is 11.8 Å². The van der Waals surface area contributed by atoms with Crippen LogP contribution in [0, 0.1) is 11.3 Å². The van der Waals surface area contributed by atoms with Gasteiger partial charge >= 0.3 is 0 Å². The molecule has 0 fully saturated rings. The Hall–Kier alpha value is -2.81. The summed E-state index contributed by atoms with van der Waals surface area (Å²) in [6.45, 7) is 0.450. The predicted octanol–water partition coefficient (Wildman–Crippen LogP) is 0.911. The fraction of sp³-hybridized carbons (Fsp3) is 0.154. The number of carbonyl (C=O) groups is 1. The quantitative estimate of drug-likeness (QED) is 0.879. The van der Waals surface area contributed by atoms with Crippen molar-refractivity contribution in [1.82, 2.24) is 9.78 Å². The Morgan fingerprint density at radius 3 is 2.95 bits per heavy atom. The van der Waals surface area contributed by atoms with Gasteiger partial charge in [-0.05, 0) is 17.7 Å². The number of aromatic nitrogens is 2. The number of hydrogen-bond acceptors (Lipinski definition) is 4. The number of benzene rings is 1. The van der Waals surface area contributed by atoms with Crippen LogP contribution < -0.4 is 10.5 Å². The van der Waals surface area contributed by atoms with Crippen LogP contribution in [0.25, 0.3) is 0 Å². The van der Waals surface area contributed by atoms with Gasteiger partial charge in [-0.1, -0.05) is 6.07 Å². The number of nitrogens with zero attached hydrogens (tertiary/aromatic N) is 3. The number of nitriles is 1. The standard InChI is InChI=1S/C13H12N4O2/c1-19-12-3-2-9(4-10(12)5-14)7-17-8-11(6-16-17)13(15)18/h2-4,6,8H,7H2,1H3,(H2,15,18). The van der Waals surface area contributed by atoms with E-state index in [2.05, 4.69) is 11.2 Å². The van der Waals surface area contributed by atoms with Crippen LogP contribution in [0.5, 0.6) is 5.75 Å². The van der Waals surface area contributed by atoms with E-state index in [0.29, 0.717) is 23.4 Å². The van der Waals surface area contributed by atoms with Crippen LogP contribution in [0.2, 0.25) is 0 Å². The lowest BCUT2D eigenvalue weighted by molar-refractivity contribution is 0.1000. The van der Waals surface area contributed by atoms with E-state index in [1.54, 1.807) is 23.0 Å². The highest BCUT2D eigenvalue weighted by molar-refractivity contribution is 5.92. The van der Waals surface area contributed by atoms with Gasteiger partial charge in [-0.25, -0.2) is 0 Å². The first-order valence-corrected chi connectivity index (χ1v) is 5.53. The molecule has 2 N–H and O–H groups in total. The number of rotatable bonds is 4. The summed E-state index contributed by atoms with van der Waals surface area (Å²) in [7, 11) is 1.52. The summed E-state index contributed by atoms with van der Waals surface area (Å²) in [5, 5.41) is 13.0. The van der Waals surface area contributed by atoms with Crippen LogP contribution in [-0.2, 0) is 6.54 Å². The maximum absolute atomic E-state index is 11.0. The van der Waals surface area contributed by atoms with Crippen LogP contribution in [0.4, 0.5) is 0 Å². The van der Waals surface area contributed by atoms with E-state index in [4.69, 9.17) is 15.7 Å². The molecule has 0 aliphatic heterocycles. The molecule has 96 valence electrons. The number of amides is 1. The first-order valence-electron chi connectivity index (χ1n) is 5.53. The summed E-state index contributed by atoms with van der Waals surface area (Å²) in [5.74, 6) is 0.0169. The van der Waals surface area contributed by atoms with Gasteiger partial charge in [0.2, 0.25) is 0 Å². The Balaban J connectivity index is 2.23. The van der Waals surface area contributed by atoms with Gasteiger partial charge < -0.3 is 10.5 Å². The highest BCUT2D eigenvalue weighted by atomic mass is 16.5. The molecule has 0 spiro atoms. The number of carbonyl (C=O) groups excluding carboxylic acids is 1. The smallest absolute Gasteiger partial charge is 0.251 e. The largest absolute Gasteiger partial charge is 0.495 e. The van der Waals surface area contributed by atoms with Crippen molar-refractivity contribution < 1.29 is 9.53 Å². The number of nitrogens with two attached hydrogens (primary N) is 1. The first-order chi connectivity index (χ1) is 9.13. The third kappa shape index (κ3) is 2.72. The van der Waals surface area contributed by atoms with Crippen molar-refractivity contribution in [3.05, 3.63) is 47.3 Å². The van der Waals surface area contributed by atoms with Gasteiger partial charge in [0.15, 0.2) is 0 Å². The van der Waals surface area contributed by atoms with Crippen molar-refractivity contribution in [3.63, 3.8) is 0 Å². The average molecular weight is 256 g/mol. The van der Waals surface area contributed by atoms with Crippen molar-refractivity contribution in [2.75, 3.05) is 7.11 Å². The molecule has 1 heterocycles. The molecule has 2 rings (SSSR count). The van der Waals surface area contributed by atoms with Crippen molar-refractivity contribution in [2.45, 2.75) is 6.54 Å². The first kappa shape index (κ1) is 12.6. The molecule has 19 heavy (non-hydrogen) atoms. The molecule has 0 unspecified atom stereocenters. The predicted molar refractivity (Wildman–Crippen MR) is 67.6 cm³/mol. The molecule has 0 aliphatic carbocycles. The molecule has 2 aromatic rings. The molecule has 0 bridgehead atoms. The van der Waals surface area contributed by atoms with Gasteiger partial charge in [0.05, 0.1) is 31.0 Å². The molecule has 0 aliphatic rings. The van der Waals surface area contributed by atoms with Gasteiger partial charge in [0, 0.05) is 6.20 Å². The molecule has 0 saturated heterocycles. The molecule has 0 saturated carbocycles. The average Bonchev–Trinajstić information content (AvgIpc) is 2.87. The molecule has 1 aromatic heterocycles. The Kier molecular flexibility index (Phi) is 3.48. The highest BCUT2D eigenvalue weighted by Gasteiger charge is 2.07. The highest BCUT2D eigenvalue weighted by Crippen LogP contribution is 2.19. The van der Waals surface area contributed by atoms with Gasteiger partial charge in [0.25, 0.3) is 5.91 Å². The number of hydrogen-bond donors (Lipinski definition) is 1. The van der Waals surface area contributed by atoms with E-state index in [1.807, 2.05) is 6.07 Å². The third-order valence-electron chi connectivity index (χ3n) is 2.65. The van der Waals surface area contributed by atoms with Crippen LogP contribution in [0.15, 0.2) is 30.6 Å². The van der Waals surface area contributed by atoms with Crippen molar-refractivity contribution >= 4 is 5.91 Å². The summed E-state index contributed by atoms with van der Waals surface area (Å²) in [6, 6.07) is 7.36. The lowest BCUT2D eigenvalue weighted by atomic mass is 10.1. The van der Waals surface area contributed by atoms with E-state index in [-0.39, 0.29) is 0 Å². The minimum absolute atomic E-state index is 0.356. The van der Waals surface area contributed by atoms with Crippen molar-refractivity contribution in [2.24, 2.45) is 5.73 Å². The minimum Gasteiger partial charge on any atom is -0.495 e. The Morgan fingerprint density at radius 2 is 2.37 bits per heavy atom. The second-order valence-electron chi connectivity index (χ2n) is 3.94. The zero-order valence-corrected chi connectivity index (χ0v) is 10.3. The molecular weight excluding hydrogens is 244 g/mol. The van der Waals surface area contributed by atoms with Gasteiger partial charge in [-0.3, -0.25) is 9.48 Å². The van der Waals surface area contributed by atoms with Crippen LogP contribution in [0.1, 0.15) is 21.5 Å². The van der Waals surface area contributed by atoms with E-state index >= 15 is 0 Å². The molecule has 6 heteroatoms. The fourth-order valence-electron chi connectivity index (χ4n) is 1.71. The SMILES string of the molecule is COc1ccc(Cn2cc(C(N)=O)cn2)cc1C#N. The van der Waals surface area contributed by atoms with Gasteiger partial charge in [-0.2, -0.15) is 10.4 Å². The Morgan fingerprint density at radius 1 is 1.58 bits per heavy atom. The zero-order chi connectivity index (χ0) is 13.8. The van der Waals surface area contributed by atoms with E-state index in [0.717, 1.165) is 5.56 Å². The monoisotopic (exact) mass is 256 g/mol. The lowest BCUT2D eigenvalue weighted by Crippen LogP contribution is -2.09. The molecule has 0 atom stereocenters. The maximum atomic E-state index is 11.0. The number of primary amides is 1. The summed E-state index contributed by atoms with van der Waals surface area (Å²) >= 11 is 0. The number of methoxy groups -OCH3 is 1. The molecule has 1 amide bonds. The second kappa shape index (κ2) is 5.23. The van der Waals surface area contributed by atoms with Crippen LogP contribution in [0.3, 0.4) is 0 Å². The second-order valence-corrected chi connectivity index (χ2v) is 3.94.